The van der Waals surface area contributed by atoms with Crippen LogP contribution in [0.2, 0.25) is 0 Å². The van der Waals surface area contributed by atoms with E-state index in [9.17, 15) is 0 Å². The van der Waals surface area contributed by atoms with Crippen molar-refractivity contribution in [3.63, 3.8) is 0 Å². The van der Waals surface area contributed by atoms with Crippen LogP contribution in [-0.4, -0.2) is 4.98 Å². The Morgan fingerprint density at radius 2 is 2.00 bits per heavy atom. The summed E-state index contributed by atoms with van der Waals surface area (Å²) >= 11 is 3.51. The van der Waals surface area contributed by atoms with Crippen LogP contribution < -0.4 is 10.5 Å². The van der Waals surface area contributed by atoms with Gasteiger partial charge < -0.3 is 10.5 Å². The Labute approximate surface area is 134 Å². The van der Waals surface area contributed by atoms with Gasteiger partial charge >= 0.3 is 0 Å². The van der Waals surface area contributed by atoms with Gasteiger partial charge in [-0.2, -0.15) is 0 Å². The summed E-state index contributed by atoms with van der Waals surface area (Å²) < 4.78 is 7.08. The van der Waals surface area contributed by atoms with Gasteiger partial charge in [-0.15, -0.1) is 0 Å². The van der Waals surface area contributed by atoms with Crippen molar-refractivity contribution in [2.75, 3.05) is 0 Å². The summed E-state index contributed by atoms with van der Waals surface area (Å²) in [6.07, 6.45) is 0.863. The molecule has 21 heavy (non-hydrogen) atoms. The van der Waals surface area contributed by atoms with Crippen LogP contribution in [0.5, 0.6) is 11.6 Å². The molecule has 0 spiro atoms. The van der Waals surface area contributed by atoms with Gasteiger partial charge in [0.15, 0.2) is 0 Å². The standard InChI is InChI=1S/C17H21BrN2O/c1-4-14-7-12(10-19)8-17(20-14)21-16-6-5-13(18)9-15(16)11(2)3/h5-9,11H,4,10,19H2,1-3H3. The normalized spacial score (nSPS) is 11.0. The Morgan fingerprint density at radius 1 is 1.24 bits per heavy atom. The largest absolute Gasteiger partial charge is 0.439 e. The molecule has 4 heteroatoms. The molecule has 1 heterocycles. The molecule has 0 atom stereocenters. The second-order valence-electron chi connectivity index (χ2n) is 5.30. The third kappa shape index (κ3) is 4.05. The van der Waals surface area contributed by atoms with E-state index < -0.39 is 0 Å². The van der Waals surface area contributed by atoms with Crippen molar-refractivity contribution >= 4 is 15.9 Å². The van der Waals surface area contributed by atoms with Gasteiger partial charge in [-0.3, -0.25) is 0 Å². The Kier molecular flexibility index (Phi) is 5.37. The molecular weight excluding hydrogens is 328 g/mol. The lowest BCUT2D eigenvalue weighted by molar-refractivity contribution is 0.451. The van der Waals surface area contributed by atoms with Crippen LogP contribution in [0, 0.1) is 0 Å². The fraction of sp³-hybridized carbons (Fsp3) is 0.353. The summed E-state index contributed by atoms with van der Waals surface area (Å²) in [5.41, 5.74) is 8.94. The minimum Gasteiger partial charge on any atom is -0.439 e. The Bertz CT molecular complexity index is 604. The first-order valence-corrected chi connectivity index (χ1v) is 8.00. The van der Waals surface area contributed by atoms with Crippen LogP contribution in [0.4, 0.5) is 0 Å². The number of nitrogens with zero attached hydrogens (tertiary/aromatic N) is 1. The lowest BCUT2D eigenvalue weighted by atomic mass is 10.0. The molecule has 0 aliphatic rings. The van der Waals surface area contributed by atoms with Gasteiger partial charge in [0.25, 0.3) is 0 Å². The molecule has 112 valence electrons. The van der Waals surface area contributed by atoms with Gasteiger partial charge in [0.1, 0.15) is 5.75 Å². The molecule has 2 N–H and O–H groups in total. The number of pyridine rings is 1. The number of benzene rings is 1. The van der Waals surface area contributed by atoms with Gasteiger partial charge in [0.05, 0.1) is 0 Å². The van der Waals surface area contributed by atoms with E-state index in [0.29, 0.717) is 18.3 Å². The highest BCUT2D eigenvalue weighted by atomic mass is 79.9. The Balaban J connectivity index is 2.38. The van der Waals surface area contributed by atoms with Crippen molar-refractivity contribution in [2.45, 2.75) is 39.7 Å². The summed E-state index contributed by atoms with van der Waals surface area (Å²) in [6, 6.07) is 9.98. The third-order valence-electron chi connectivity index (χ3n) is 3.32. The number of aryl methyl sites for hydroxylation is 1. The van der Waals surface area contributed by atoms with Crippen molar-refractivity contribution in [1.29, 1.82) is 0 Å². The molecule has 0 saturated heterocycles. The van der Waals surface area contributed by atoms with Gasteiger partial charge in [-0.25, -0.2) is 4.98 Å². The molecule has 0 unspecified atom stereocenters. The molecule has 0 saturated carbocycles. The molecule has 0 radical (unpaired) electrons. The quantitative estimate of drug-likeness (QED) is 0.845. The van der Waals surface area contributed by atoms with E-state index in [0.717, 1.165) is 33.5 Å². The molecule has 2 rings (SSSR count). The lowest BCUT2D eigenvalue weighted by Gasteiger charge is -2.14. The van der Waals surface area contributed by atoms with Crippen LogP contribution in [-0.2, 0) is 13.0 Å². The molecule has 1 aromatic carbocycles. The minimum atomic E-state index is 0.376. The number of ether oxygens (including phenoxy) is 1. The molecule has 3 nitrogen and oxygen atoms in total. The van der Waals surface area contributed by atoms with Crippen LogP contribution in [0.1, 0.15) is 43.5 Å². The van der Waals surface area contributed by atoms with Crippen LogP contribution >= 0.6 is 15.9 Å². The maximum atomic E-state index is 6.02. The highest BCUT2D eigenvalue weighted by Crippen LogP contribution is 2.32. The number of hydrogen-bond donors (Lipinski definition) is 1. The van der Waals surface area contributed by atoms with Crippen LogP contribution in [0.3, 0.4) is 0 Å². The topological polar surface area (TPSA) is 48.1 Å². The maximum Gasteiger partial charge on any atom is 0.219 e. The molecule has 0 aliphatic heterocycles. The summed E-state index contributed by atoms with van der Waals surface area (Å²) in [5.74, 6) is 1.83. The molecule has 0 fully saturated rings. The molecular formula is C17H21BrN2O. The Morgan fingerprint density at radius 3 is 2.62 bits per heavy atom. The van der Waals surface area contributed by atoms with E-state index in [1.54, 1.807) is 0 Å². The van der Waals surface area contributed by atoms with Gasteiger partial charge in [-0.1, -0.05) is 36.7 Å². The highest BCUT2D eigenvalue weighted by Gasteiger charge is 2.11. The van der Waals surface area contributed by atoms with E-state index in [1.165, 1.54) is 0 Å². The van der Waals surface area contributed by atoms with Crippen molar-refractivity contribution < 1.29 is 4.74 Å². The first-order valence-electron chi connectivity index (χ1n) is 7.20. The van der Waals surface area contributed by atoms with Crippen LogP contribution in [0.25, 0.3) is 0 Å². The summed E-state index contributed by atoms with van der Waals surface area (Å²) in [6.45, 7) is 6.86. The first kappa shape index (κ1) is 16.0. The van der Waals surface area contributed by atoms with E-state index in [4.69, 9.17) is 10.5 Å². The molecule has 1 aromatic heterocycles. The third-order valence-corrected chi connectivity index (χ3v) is 3.81. The zero-order valence-electron chi connectivity index (χ0n) is 12.7. The zero-order valence-corrected chi connectivity index (χ0v) is 14.3. The summed E-state index contributed by atoms with van der Waals surface area (Å²) in [5, 5.41) is 0. The van der Waals surface area contributed by atoms with Crippen molar-refractivity contribution in [1.82, 2.24) is 4.98 Å². The maximum absolute atomic E-state index is 6.02. The predicted molar refractivity (Wildman–Crippen MR) is 89.8 cm³/mol. The fourth-order valence-electron chi connectivity index (χ4n) is 2.15. The number of rotatable bonds is 5. The zero-order chi connectivity index (χ0) is 15.4. The average molecular weight is 349 g/mol. The van der Waals surface area contributed by atoms with Gasteiger partial charge in [0.2, 0.25) is 5.88 Å². The lowest BCUT2D eigenvalue weighted by Crippen LogP contribution is -2.02. The van der Waals surface area contributed by atoms with E-state index in [-0.39, 0.29) is 0 Å². The Hall–Kier alpha value is -1.39. The minimum absolute atomic E-state index is 0.376. The first-order chi connectivity index (χ1) is 10.0. The van der Waals surface area contributed by atoms with Gasteiger partial charge in [0, 0.05) is 22.8 Å². The molecule has 0 aliphatic carbocycles. The van der Waals surface area contributed by atoms with E-state index >= 15 is 0 Å². The highest BCUT2D eigenvalue weighted by molar-refractivity contribution is 9.10. The monoisotopic (exact) mass is 348 g/mol. The number of nitrogens with two attached hydrogens (primary N) is 1. The van der Waals surface area contributed by atoms with Crippen molar-refractivity contribution in [3.05, 3.63) is 51.6 Å². The number of aromatic nitrogens is 1. The van der Waals surface area contributed by atoms with Gasteiger partial charge in [-0.05, 0) is 47.7 Å². The fourth-order valence-corrected chi connectivity index (χ4v) is 2.53. The molecule has 0 amide bonds. The number of hydrogen-bond acceptors (Lipinski definition) is 3. The van der Waals surface area contributed by atoms with Crippen molar-refractivity contribution in [2.24, 2.45) is 5.73 Å². The van der Waals surface area contributed by atoms with E-state index in [1.807, 2.05) is 24.3 Å². The summed E-state index contributed by atoms with van der Waals surface area (Å²) in [7, 11) is 0. The second-order valence-corrected chi connectivity index (χ2v) is 6.22. The predicted octanol–water partition coefficient (Wildman–Crippen LogP) is 4.78. The van der Waals surface area contributed by atoms with E-state index in [2.05, 4.69) is 47.8 Å². The average Bonchev–Trinajstić information content (AvgIpc) is 2.48. The molecule has 0 bridgehead atoms. The number of halogens is 1. The molecule has 2 aromatic rings. The van der Waals surface area contributed by atoms with Crippen molar-refractivity contribution in [3.8, 4) is 11.6 Å². The SMILES string of the molecule is CCc1cc(CN)cc(Oc2ccc(Br)cc2C(C)C)n1. The summed E-state index contributed by atoms with van der Waals surface area (Å²) in [4.78, 5) is 4.53. The second kappa shape index (κ2) is 7.05. The van der Waals surface area contributed by atoms with Crippen LogP contribution in [0.15, 0.2) is 34.8 Å². The smallest absolute Gasteiger partial charge is 0.219 e.